The van der Waals surface area contributed by atoms with Gasteiger partial charge in [0.25, 0.3) is 0 Å². The number of furan rings is 1. The summed E-state index contributed by atoms with van der Waals surface area (Å²) in [5, 5.41) is 14.0. The number of hydrogen-bond acceptors (Lipinski definition) is 3. The number of nitrogens with one attached hydrogen (secondary N) is 1. The highest BCUT2D eigenvalue weighted by Gasteiger charge is 2.29. The summed E-state index contributed by atoms with van der Waals surface area (Å²) in [4.78, 5) is 0. The number of para-hydroxylation sites is 1. The summed E-state index contributed by atoms with van der Waals surface area (Å²) >= 11 is 0. The Hall–Kier alpha value is -1.32. The number of fused-ring (bicyclic) bond motifs is 1. The highest BCUT2D eigenvalue weighted by molar-refractivity contribution is 5.77. The molecule has 1 heterocycles. The lowest BCUT2D eigenvalue weighted by Crippen LogP contribution is -2.36. The second-order valence-corrected chi connectivity index (χ2v) is 6.24. The predicted molar refractivity (Wildman–Crippen MR) is 78.1 cm³/mol. The van der Waals surface area contributed by atoms with Crippen molar-refractivity contribution in [2.45, 2.75) is 39.8 Å². The van der Waals surface area contributed by atoms with E-state index in [1.54, 1.807) is 6.92 Å². The molecule has 0 spiro atoms. The Labute approximate surface area is 114 Å². The Kier molecular flexibility index (Phi) is 3.97. The average Bonchev–Trinajstić information content (AvgIpc) is 2.69. The van der Waals surface area contributed by atoms with Crippen molar-refractivity contribution in [2.75, 3.05) is 6.54 Å². The summed E-state index contributed by atoms with van der Waals surface area (Å²) in [7, 11) is 0. The van der Waals surface area contributed by atoms with E-state index in [9.17, 15) is 5.11 Å². The quantitative estimate of drug-likeness (QED) is 0.885. The smallest absolute Gasteiger partial charge is 0.134 e. The van der Waals surface area contributed by atoms with Crippen LogP contribution in [0.25, 0.3) is 11.0 Å². The molecule has 2 atom stereocenters. The van der Waals surface area contributed by atoms with Crippen LogP contribution in [0.2, 0.25) is 0 Å². The van der Waals surface area contributed by atoms with E-state index < -0.39 is 0 Å². The standard InChI is InChI=1S/C16H23NO2/c1-11(18)10-17-15(16(2,3)4)14-9-12-7-5-6-8-13(12)19-14/h5-9,11,15,17-18H,10H2,1-4H3. The molecule has 3 nitrogen and oxygen atoms in total. The first-order valence-corrected chi connectivity index (χ1v) is 6.78. The van der Waals surface area contributed by atoms with Gasteiger partial charge in [-0.3, -0.25) is 0 Å². The van der Waals surface area contributed by atoms with Gasteiger partial charge in [0.2, 0.25) is 0 Å². The SMILES string of the molecule is CC(O)CNC(c1cc2ccccc2o1)C(C)(C)C. The molecular weight excluding hydrogens is 238 g/mol. The van der Waals surface area contributed by atoms with Crippen LogP contribution in [-0.4, -0.2) is 17.8 Å². The molecule has 0 amide bonds. The van der Waals surface area contributed by atoms with Crippen molar-refractivity contribution in [1.82, 2.24) is 5.32 Å². The highest BCUT2D eigenvalue weighted by Crippen LogP contribution is 2.35. The minimum absolute atomic E-state index is 0.0166. The topological polar surface area (TPSA) is 45.4 Å². The van der Waals surface area contributed by atoms with Crippen molar-refractivity contribution >= 4 is 11.0 Å². The van der Waals surface area contributed by atoms with Crippen molar-refractivity contribution in [3.05, 3.63) is 36.1 Å². The van der Waals surface area contributed by atoms with Gasteiger partial charge >= 0.3 is 0 Å². The van der Waals surface area contributed by atoms with Crippen LogP contribution < -0.4 is 5.32 Å². The summed E-state index contributed by atoms with van der Waals surface area (Å²) in [5.41, 5.74) is 0.925. The fraction of sp³-hybridized carbons (Fsp3) is 0.500. The molecule has 2 aromatic rings. The fourth-order valence-corrected chi connectivity index (χ4v) is 2.27. The van der Waals surface area contributed by atoms with E-state index >= 15 is 0 Å². The van der Waals surface area contributed by atoms with Crippen molar-refractivity contribution in [1.29, 1.82) is 0 Å². The first-order valence-electron chi connectivity index (χ1n) is 6.78. The van der Waals surface area contributed by atoms with Gasteiger partial charge in [0.1, 0.15) is 11.3 Å². The monoisotopic (exact) mass is 261 g/mol. The molecule has 3 heteroatoms. The maximum absolute atomic E-state index is 9.46. The van der Waals surface area contributed by atoms with Gasteiger partial charge in [-0.05, 0) is 24.5 Å². The molecule has 0 aliphatic rings. The molecule has 2 N–H and O–H groups in total. The van der Waals surface area contributed by atoms with Gasteiger partial charge in [0.15, 0.2) is 0 Å². The van der Waals surface area contributed by atoms with Crippen LogP contribution >= 0.6 is 0 Å². The van der Waals surface area contributed by atoms with Crippen molar-refractivity contribution < 1.29 is 9.52 Å². The summed E-state index contributed by atoms with van der Waals surface area (Å²) in [6, 6.07) is 10.2. The lowest BCUT2D eigenvalue weighted by molar-refractivity contribution is 0.162. The van der Waals surface area contributed by atoms with Gasteiger partial charge in [-0.2, -0.15) is 0 Å². The van der Waals surface area contributed by atoms with Crippen LogP contribution in [0.15, 0.2) is 34.7 Å². The van der Waals surface area contributed by atoms with E-state index in [0.29, 0.717) is 6.54 Å². The third-order valence-corrected chi connectivity index (χ3v) is 3.21. The summed E-state index contributed by atoms with van der Waals surface area (Å²) in [6.45, 7) is 8.84. The molecule has 2 rings (SSSR count). The van der Waals surface area contributed by atoms with Crippen LogP contribution in [0.5, 0.6) is 0 Å². The van der Waals surface area contributed by atoms with E-state index in [-0.39, 0.29) is 17.6 Å². The largest absolute Gasteiger partial charge is 0.459 e. The van der Waals surface area contributed by atoms with Crippen LogP contribution in [0.1, 0.15) is 39.5 Å². The van der Waals surface area contributed by atoms with Gasteiger partial charge in [0, 0.05) is 11.9 Å². The third kappa shape index (κ3) is 3.37. The Morgan fingerprint density at radius 2 is 1.95 bits per heavy atom. The zero-order chi connectivity index (χ0) is 14.0. The average molecular weight is 261 g/mol. The lowest BCUT2D eigenvalue weighted by atomic mass is 9.85. The number of rotatable bonds is 4. The van der Waals surface area contributed by atoms with E-state index in [1.165, 1.54) is 0 Å². The maximum atomic E-state index is 9.46. The molecule has 0 bridgehead atoms. The fourth-order valence-electron chi connectivity index (χ4n) is 2.27. The zero-order valence-corrected chi connectivity index (χ0v) is 12.1. The van der Waals surface area contributed by atoms with Crippen LogP contribution in [-0.2, 0) is 0 Å². The van der Waals surface area contributed by atoms with E-state index in [1.807, 2.05) is 18.2 Å². The molecule has 0 aliphatic heterocycles. The van der Waals surface area contributed by atoms with E-state index in [0.717, 1.165) is 16.7 Å². The van der Waals surface area contributed by atoms with E-state index in [4.69, 9.17) is 4.42 Å². The maximum Gasteiger partial charge on any atom is 0.134 e. The second-order valence-electron chi connectivity index (χ2n) is 6.24. The van der Waals surface area contributed by atoms with Crippen LogP contribution in [0, 0.1) is 5.41 Å². The van der Waals surface area contributed by atoms with Crippen molar-refractivity contribution in [3.63, 3.8) is 0 Å². The first-order chi connectivity index (χ1) is 8.88. The number of benzene rings is 1. The third-order valence-electron chi connectivity index (χ3n) is 3.21. The predicted octanol–water partition coefficient (Wildman–Crippen LogP) is 3.49. The van der Waals surface area contributed by atoms with Gasteiger partial charge in [0.05, 0.1) is 12.1 Å². The van der Waals surface area contributed by atoms with E-state index in [2.05, 4.69) is 38.2 Å². The molecule has 0 saturated carbocycles. The zero-order valence-electron chi connectivity index (χ0n) is 12.1. The minimum atomic E-state index is -0.366. The summed E-state index contributed by atoms with van der Waals surface area (Å²) in [6.07, 6.45) is -0.366. The van der Waals surface area contributed by atoms with Crippen LogP contribution in [0.3, 0.4) is 0 Å². The highest BCUT2D eigenvalue weighted by atomic mass is 16.3. The van der Waals surface area contributed by atoms with Gasteiger partial charge < -0.3 is 14.8 Å². The van der Waals surface area contributed by atoms with Crippen LogP contribution in [0.4, 0.5) is 0 Å². The van der Waals surface area contributed by atoms with Gasteiger partial charge in [-0.1, -0.05) is 39.0 Å². The Morgan fingerprint density at radius 3 is 2.53 bits per heavy atom. The second kappa shape index (κ2) is 5.35. The molecule has 2 unspecified atom stereocenters. The number of aliphatic hydroxyl groups is 1. The Balaban J connectivity index is 2.31. The number of hydrogen-bond donors (Lipinski definition) is 2. The molecule has 1 aromatic heterocycles. The molecule has 0 saturated heterocycles. The molecule has 0 fully saturated rings. The molecule has 0 radical (unpaired) electrons. The lowest BCUT2D eigenvalue weighted by Gasteiger charge is -2.30. The van der Waals surface area contributed by atoms with Gasteiger partial charge in [-0.25, -0.2) is 0 Å². The Morgan fingerprint density at radius 1 is 1.26 bits per heavy atom. The molecular formula is C16H23NO2. The molecule has 104 valence electrons. The normalized spacial score (nSPS) is 15.6. The molecule has 0 aliphatic carbocycles. The summed E-state index contributed by atoms with van der Waals surface area (Å²) < 4.78 is 5.94. The molecule has 19 heavy (non-hydrogen) atoms. The summed E-state index contributed by atoms with van der Waals surface area (Å²) in [5.74, 6) is 0.925. The van der Waals surface area contributed by atoms with Crippen molar-refractivity contribution in [3.8, 4) is 0 Å². The molecule has 1 aromatic carbocycles. The first kappa shape index (κ1) is 14.1. The number of aliphatic hydroxyl groups excluding tert-OH is 1. The minimum Gasteiger partial charge on any atom is -0.459 e. The van der Waals surface area contributed by atoms with Crippen molar-refractivity contribution in [2.24, 2.45) is 5.41 Å². The Bertz CT molecular complexity index is 504. The van der Waals surface area contributed by atoms with Gasteiger partial charge in [-0.15, -0.1) is 0 Å².